The smallest absolute Gasteiger partial charge is 0.534 e. The van der Waals surface area contributed by atoms with Gasteiger partial charge in [0.2, 0.25) is 5.91 Å². The van der Waals surface area contributed by atoms with E-state index >= 15 is 0 Å². The molecular weight excluding hydrogens is 325 g/mol. The van der Waals surface area contributed by atoms with Gasteiger partial charge in [0, 0.05) is 18.3 Å². The van der Waals surface area contributed by atoms with Gasteiger partial charge in [0.05, 0.1) is 11.5 Å². The first-order chi connectivity index (χ1) is 11.6. The number of hydrogen-bond acceptors (Lipinski definition) is 5. The third-order valence-electron chi connectivity index (χ3n) is 4.11. The summed E-state index contributed by atoms with van der Waals surface area (Å²) in [5.74, 6) is -2.10. The molecule has 7 nitrogen and oxygen atoms in total. The van der Waals surface area contributed by atoms with Crippen molar-refractivity contribution in [3.05, 3.63) is 29.3 Å². The maximum absolute atomic E-state index is 12.1. The number of rotatable bonds is 5. The van der Waals surface area contributed by atoms with E-state index in [1.165, 1.54) is 6.07 Å². The second-order valence-corrected chi connectivity index (χ2v) is 7.16. The first-order valence-electron chi connectivity index (χ1n) is 8.12. The van der Waals surface area contributed by atoms with Crippen molar-refractivity contribution in [1.29, 1.82) is 0 Å². The Hall–Kier alpha value is -2.35. The van der Waals surface area contributed by atoms with E-state index in [9.17, 15) is 19.4 Å². The van der Waals surface area contributed by atoms with Crippen molar-refractivity contribution in [1.82, 2.24) is 5.32 Å². The van der Waals surface area contributed by atoms with Crippen LogP contribution in [0.1, 0.15) is 49.5 Å². The fourth-order valence-electron chi connectivity index (χ4n) is 2.60. The second kappa shape index (κ2) is 7.27. The van der Waals surface area contributed by atoms with Crippen LogP contribution < -0.4 is 9.97 Å². The third-order valence-corrected chi connectivity index (χ3v) is 4.11. The summed E-state index contributed by atoms with van der Waals surface area (Å²) in [5, 5.41) is 21.9. The molecule has 0 unspecified atom stereocenters. The molecule has 0 bridgehead atoms. The maximum atomic E-state index is 12.1. The molecule has 3 N–H and O–H groups in total. The number of carbonyl (C=O) groups excluding carboxylic acids is 2. The minimum atomic E-state index is -1.35. The van der Waals surface area contributed by atoms with Crippen molar-refractivity contribution >= 4 is 24.8 Å². The first kappa shape index (κ1) is 19.0. The lowest BCUT2D eigenvalue weighted by Gasteiger charge is -2.29. The molecule has 0 saturated carbocycles. The molecule has 25 heavy (non-hydrogen) atoms. The van der Waals surface area contributed by atoms with E-state index in [0.29, 0.717) is 5.56 Å². The quantitative estimate of drug-likeness (QED) is 0.691. The van der Waals surface area contributed by atoms with Gasteiger partial charge in [-0.3, -0.25) is 9.59 Å². The van der Waals surface area contributed by atoms with Gasteiger partial charge in [0.1, 0.15) is 11.5 Å². The topological polar surface area (TPSA) is 113 Å². The summed E-state index contributed by atoms with van der Waals surface area (Å²) in [6, 6.07) is 4.67. The summed E-state index contributed by atoms with van der Waals surface area (Å²) in [7, 11) is -1.35. The van der Waals surface area contributed by atoms with Crippen LogP contribution in [0, 0.1) is 5.41 Å². The van der Waals surface area contributed by atoms with Crippen LogP contribution in [0.4, 0.5) is 0 Å². The highest BCUT2D eigenvalue weighted by Crippen LogP contribution is 2.30. The molecule has 0 fully saturated rings. The Labute approximate surface area is 146 Å². The Bertz CT molecular complexity index is 697. The molecule has 1 atom stereocenters. The number of carboxylic acids is 1. The zero-order chi connectivity index (χ0) is 18.8. The summed E-state index contributed by atoms with van der Waals surface area (Å²) < 4.78 is 5.31. The number of nitrogens with one attached hydrogen (secondary N) is 1. The molecule has 0 radical (unpaired) electrons. The van der Waals surface area contributed by atoms with E-state index in [-0.39, 0.29) is 42.3 Å². The molecule has 0 aliphatic carbocycles. The molecule has 0 aromatic heterocycles. The Morgan fingerprint density at radius 3 is 2.56 bits per heavy atom. The van der Waals surface area contributed by atoms with Crippen LogP contribution in [0.25, 0.3) is 0 Å². The van der Waals surface area contributed by atoms with Gasteiger partial charge in [-0.25, -0.2) is 4.79 Å². The van der Waals surface area contributed by atoms with Crippen molar-refractivity contribution in [2.45, 2.75) is 46.0 Å². The van der Waals surface area contributed by atoms with Gasteiger partial charge in [0.15, 0.2) is 0 Å². The molecule has 1 amide bonds. The molecule has 1 aliphatic rings. The summed E-state index contributed by atoms with van der Waals surface area (Å²) in [4.78, 5) is 35.1. The molecule has 0 saturated heterocycles. The van der Waals surface area contributed by atoms with Gasteiger partial charge in [0.25, 0.3) is 0 Å². The highest BCUT2D eigenvalue weighted by Gasteiger charge is 2.37. The number of aromatic carboxylic acids is 1. The van der Waals surface area contributed by atoms with Gasteiger partial charge in [-0.05, 0) is 18.1 Å². The predicted octanol–water partition coefficient (Wildman–Crippen LogP) is 1.22. The highest BCUT2D eigenvalue weighted by atomic mass is 16.5. The predicted molar refractivity (Wildman–Crippen MR) is 91.3 cm³/mol. The van der Waals surface area contributed by atoms with Crippen molar-refractivity contribution in [3.8, 4) is 5.75 Å². The Morgan fingerprint density at radius 2 is 1.96 bits per heavy atom. The standard InChI is InChI=1S/C17H22BNO6/c1-17(2,3)12(20)7-8-14(21)19-13-9-10-5-4-6-11(16(22)23)15(10)25-18(13)24/h4-6,13,24H,7-9H2,1-3H3,(H,19,21)(H,22,23)/t13-/m0/s1. The van der Waals surface area contributed by atoms with Gasteiger partial charge in [-0.1, -0.05) is 32.9 Å². The van der Waals surface area contributed by atoms with Crippen molar-refractivity contribution in [3.63, 3.8) is 0 Å². The largest absolute Gasteiger partial charge is 0.547 e. The number of ketones is 1. The minimum absolute atomic E-state index is 0.0143. The number of carboxylic acid groups (broad SMARTS) is 1. The SMILES string of the molecule is CC(C)(C)C(=O)CCC(=O)N[C@H]1Cc2cccc(C(=O)O)c2OB1O. The van der Waals surface area contributed by atoms with Crippen molar-refractivity contribution < 1.29 is 29.2 Å². The van der Waals surface area contributed by atoms with Crippen LogP contribution in [-0.2, 0) is 16.0 Å². The molecule has 134 valence electrons. The molecule has 1 aromatic carbocycles. The number of fused-ring (bicyclic) bond motifs is 1. The molecule has 2 rings (SSSR count). The van der Waals surface area contributed by atoms with Gasteiger partial charge in [-0.15, -0.1) is 0 Å². The first-order valence-corrected chi connectivity index (χ1v) is 8.12. The lowest BCUT2D eigenvalue weighted by molar-refractivity contribution is -0.129. The van der Waals surface area contributed by atoms with E-state index in [4.69, 9.17) is 9.76 Å². The Balaban J connectivity index is 2.00. The zero-order valence-corrected chi connectivity index (χ0v) is 14.5. The fourth-order valence-corrected chi connectivity index (χ4v) is 2.60. The van der Waals surface area contributed by atoms with E-state index in [1.54, 1.807) is 32.9 Å². The van der Waals surface area contributed by atoms with Gasteiger partial charge >= 0.3 is 13.1 Å². The summed E-state index contributed by atoms with van der Waals surface area (Å²) >= 11 is 0. The number of amides is 1. The normalized spacial score (nSPS) is 16.6. The van der Waals surface area contributed by atoms with E-state index in [1.807, 2.05) is 0 Å². The van der Waals surface area contributed by atoms with Gasteiger partial charge < -0.3 is 20.1 Å². The zero-order valence-electron chi connectivity index (χ0n) is 14.5. The second-order valence-electron chi connectivity index (χ2n) is 7.16. The summed E-state index contributed by atoms with van der Waals surface area (Å²) in [5.41, 5.74) is 0.0679. The van der Waals surface area contributed by atoms with Crippen molar-refractivity contribution in [2.24, 2.45) is 5.41 Å². The maximum Gasteiger partial charge on any atom is 0.547 e. The van der Waals surface area contributed by atoms with E-state index in [0.717, 1.165) is 0 Å². The molecule has 1 heterocycles. The Kier molecular flexibility index (Phi) is 5.52. The van der Waals surface area contributed by atoms with Crippen LogP contribution in [0.2, 0.25) is 0 Å². The van der Waals surface area contributed by atoms with Crippen LogP contribution in [0.15, 0.2) is 18.2 Å². The fraction of sp³-hybridized carbons (Fsp3) is 0.471. The average Bonchev–Trinajstić information content (AvgIpc) is 2.51. The summed E-state index contributed by atoms with van der Waals surface area (Å²) in [6.07, 6.45) is 0.399. The average molecular weight is 347 g/mol. The molecule has 1 aliphatic heterocycles. The van der Waals surface area contributed by atoms with Gasteiger partial charge in [-0.2, -0.15) is 0 Å². The Morgan fingerprint density at radius 1 is 1.28 bits per heavy atom. The molecule has 1 aromatic rings. The number of Topliss-reactive ketones (excluding diaryl/α,β-unsaturated/α-hetero) is 1. The lowest BCUT2D eigenvalue weighted by atomic mass is 9.72. The highest BCUT2D eigenvalue weighted by molar-refractivity contribution is 6.47. The van der Waals surface area contributed by atoms with Crippen LogP contribution in [0.3, 0.4) is 0 Å². The summed E-state index contributed by atoms with van der Waals surface area (Å²) in [6.45, 7) is 5.38. The minimum Gasteiger partial charge on any atom is -0.534 e. The monoisotopic (exact) mass is 347 g/mol. The number of para-hydroxylation sites is 1. The van der Waals surface area contributed by atoms with Crippen LogP contribution >= 0.6 is 0 Å². The van der Waals surface area contributed by atoms with Crippen LogP contribution in [-0.4, -0.2) is 40.8 Å². The third kappa shape index (κ3) is 4.60. The molecule has 8 heteroatoms. The molecule has 0 spiro atoms. The van der Waals surface area contributed by atoms with Crippen LogP contribution in [0.5, 0.6) is 5.75 Å². The number of carbonyl (C=O) groups is 3. The number of benzene rings is 1. The molecular formula is C17H22BNO6. The van der Waals surface area contributed by atoms with E-state index in [2.05, 4.69) is 5.32 Å². The lowest BCUT2D eigenvalue weighted by Crippen LogP contribution is -2.53. The number of hydrogen-bond donors (Lipinski definition) is 3. The van der Waals surface area contributed by atoms with E-state index < -0.39 is 24.4 Å². The van der Waals surface area contributed by atoms with Crippen molar-refractivity contribution in [2.75, 3.05) is 0 Å².